The summed E-state index contributed by atoms with van der Waals surface area (Å²) in [4.78, 5) is 25.0. The van der Waals surface area contributed by atoms with Gasteiger partial charge in [-0.3, -0.25) is 4.79 Å². The Kier molecular flexibility index (Phi) is 4.60. The van der Waals surface area contributed by atoms with Crippen LogP contribution >= 0.6 is 11.6 Å². The molecular formula is C16H14ClNO3. The van der Waals surface area contributed by atoms with Gasteiger partial charge in [0.05, 0.1) is 0 Å². The van der Waals surface area contributed by atoms with Crippen LogP contribution in [0, 0.1) is 0 Å². The summed E-state index contributed by atoms with van der Waals surface area (Å²) in [5.41, 5.74) is 1.07. The zero-order valence-electron chi connectivity index (χ0n) is 11.7. The van der Waals surface area contributed by atoms with Crippen LogP contribution in [0.15, 0.2) is 48.5 Å². The third kappa shape index (κ3) is 3.83. The van der Waals surface area contributed by atoms with Crippen molar-refractivity contribution < 1.29 is 14.3 Å². The second-order valence-electron chi connectivity index (χ2n) is 4.62. The highest BCUT2D eigenvalue weighted by Gasteiger charge is 2.10. The van der Waals surface area contributed by atoms with E-state index >= 15 is 0 Å². The van der Waals surface area contributed by atoms with Gasteiger partial charge >= 0.3 is 6.09 Å². The first-order chi connectivity index (χ1) is 9.97. The molecule has 2 aromatic rings. The fourth-order valence-electron chi connectivity index (χ4n) is 1.63. The molecule has 0 fully saturated rings. The Hall–Kier alpha value is -2.33. The second kappa shape index (κ2) is 6.41. The van der Waals surface area contributed by atoms with E-state index in [-0.39, 0.29) is 5.78 Å². The van der Waals surface area contributed by atoms with Gasteiger partial charge in [-0.1, -0.05) is 11.6 Å². The second-order valence-corrected chi connectivity index (χ2v) is 5.06. The number of ether oxygens (including phenoxy) is 1. The van der Waals surface area contributed by atoms with Crippen LogP contribution in [0.1, 0.15) is 15.9 Å². The average molecular weight is 304 g/mol. The molecule has 0 aromatic heterocycles. The van der Waals surface area contributed by atoms with Gasteiger partial charge in [-0.15, -0.1) is 0 Å². The Balaban J connectivity index is 2.13. The number of ketones is 1. The summed E-state index contributed by atoms with van der Waals surface area (Å²) in [7, 11) is 3.20. The quantitative estimate of drug-likeness (QED) is 0.813. The van der Waals surface area contributed by atoms with Crippen molar-refractivity contribution in [1.29, 1.82) is 0 Å². The van der Waals surface area contributed by atoms with Crippen molar-refractivity contribution in [1.82, 2.24) is 4.90 Å². The van der Waals surface area contributed by atoms with Gasteiger partial charge < -0.3 is 9.64 Å². The van der Waals surface area contributed by atoms with Crippen LogP contribution < -0.4 is 4.74 Å². The molecule has 2 rings (SSSR count). The minimum atomic E-state index is -0.466. The minimum absolute atomic E-state index is 0.114. The number of nitrogens with zero attached hydrogens (tertiary/aromatic N) is 1. The third-order valence-electron chi connectivity index (χ3n) is 2.79. The normalized spacial score (nSPS) is 10.0. The van der Waals surface area contributed by atoms with E-state index in [0.29, 0.717) is 21.9 Å². The standard InChI is InChI=1S/C16H14ClNO3/c1-18(2)16(20)21-14-9-5-12(6-10-14)15(19)11-3-7-13(17)8-4-11/h3-10H,1-2H3. The van der Waals surface area contributed by atoms with Gasteiger partial charge in [0, 0.05) is 30.2 Å². The lowest BCUT2D eigenvalue weighted by molar-refractivity contribution is 0.103. The molecule has 2 aromatic carbocycles. The third-order valence-corrected chi connectivity index (χ3v) is 3.05. The van der Waals surface area contributed by atoms with Crippen LogP contribution in [0.2, 0.25) is 5.02 Å². The van der Waals surface area contributed by atoms with E-state index in [1.54, 1.807) is 62.6 Å². The van der Waals surface area contributed by atoms with E-state index in [9.17, 15) is 9.59 Å². The monoisotopic (exact) mass is 303 g/mol. The van der Waals surface area contributed by atoms with Gasteiger partial charge in [-0.2, -0.15) is 0 Å². The SMILES string of the molecule is CN(C)C(=O)Oc1ccc(C(=O)c2ccc(Cl)cc2)cc1. The molecular weight excluding hydrogens is 290 g/mol. The highest BCUT2D eigenvalue weighted by Crippen LogP contribution is 2.17. The first kappa shape index (κ1) is 15.1. The Bertz CT molecular complexity index is 648. The van der Waals surface area contributed by atoms with Gasteiger partial charge in [0.25, 0.3) is 0 Å². The van der Waals surface area contributed by atoms with Crippen LogP contribution in [0.5, 0.6) is 5.75 Å². The number of carbonyl (C=O) groups excluding carboxylic acids is 2. The van der Waals surface area contributed by atoms with Crippen LogP contribution in [0.4, 0.5) is 4.79 Å². The van der Waals surface area contributed by atoms with Crippen molar-refractivity contribution in [2.24, 2.45) is 0 Å². The Morgan fingerprint density at radius 1 is 0.905 bits per heavy atom. The molecule has 0 saturated heterocycles. The van der Waals surface area contributed by atoms with Crippen LogP contribution in [-0.2, 0) is 0 Å². The zero-order valence-corrected chi connectivity index (χ0v) is 12.4. The number of hydrogen-bond donors (Lipinski definition) is 0. The van der Waals surface area contributed by atoms with Gasteiger partial charge in [-0.05, 0) is 48.5 Å². The van der Waals surface area contributed by atoms with Crippen molar-refractivity contribution in [3.8, 4) is 5.75 Å². The first-order valence-corrected chi connectivity index (χ1v) is 6.64. The number of hydrogen-bond acceptors (Lipinski definition) is 3. The molecule has 4 nitrogen and oxygen atoms in total. The summed E-state index contributed by atoms with van der Waals surface area (Å²) in [6.07, 6.45) is -0.466. The van der Waals surface area contributed by atoms with E-state index in [2.05, 4.69) is 0 Å². The smallest absolute Gasteiger partial charge is 0.410 e. The molecule has 0 heterocycles. The average Bonchev–Trinajstić information content (AvgIpc) is 2.48. The lowest BCUT2D eigenvalue weighted by atomic mass is 10.0. The molecule has 0 aliphatic rings. The largest absolute Gasteiger partial charge is 0.414 e. The van der Waals surface area contributed by atoms with E-state index in [4.69, 9.17) is 16.3 Å². The predicted molar refractivity (Wildman–Crippen MR) is 81.0 cm³/mol. The zero-order chi connectivity index (χ0) is 15.4. The number of benzene rings is 2. The maximum Gasteiger partial charge on any atom is 0.414 e. The maximum absolute atomic E-state index is 12.2. The van der Waals surface area contributed by atoms with Gasteiger partial charge in [0.15, 0.2) is 5.78 Å². The molecule has 0 radical (unpaired) electrons. The molecule has 0 unspecified atom stereocenters. The Morgan fingerprint density at radius 2 is 1.38 bits per heavy atom. The summed E-state index contributed by atoms with van der Waals surface area (Å²) in [6.45, 7) is 0. The summed E-state index contributed by atoms with van der Waals surface area (Å²) in [5, 5.41) is 0.581. The molecule has 0 spiro atoms. The Labute approximate surface area is 127 Å². The Morgan fingerprint density at radius 3 is 1.86 bits per heavy atom. The fraction of sp³-hybridized carbons (Fsp3) is 0.125. The van der Waals surface area contributed by atoms with E-state index in [1.807, 2.05) is 0 Å². The van der Waals surface area contributed by atoms with E-state index < -0.39 is 6.09 Å². The molecule has 0 bridgehead atoms. The number of carbonyl (C=O) groups is 2. The summed E-state index contributed by atoms with van der Waals surface area (Å²) in [6, 6.07) is 13.1. The van der Waals surface area contributed by atoms with Crippen LogP contribution in [0.25, 0.3) is 0 Å². The molecule has 21 heavy (non-hydrogen) atoms. The summed E-state index contributed by atoms with van der Waals surface area (Å²) in [5.74, 6) is 0.276. The highest BCUT2D eigenvalue weighted by atomic mass is 35.5. The molecule has 0 aliphatic carbocycles. The number of amides is 1. The van der Waals surface area contributed by atoms with Gasteiger partial charge in [0.1, 0.15) is 5.75 Å². The van der Waals surface area contributed by atoms with Crippen molar-refractivity contribution in [3.05, 3.63) is 64.7 Å². The molecule has 0 saturated carbocycles. The van der Waals surface area contributed by atoms with E-state index in [0.717, 1.165) is 0 Å². The maximum atomic E-state index is 12.2. The predicted octanol–water partition coefficient (Wildman–Crippen LogP) is 3.63. The molecule has 1 amide bonds. The van der Waals surface area contributed by atoms with Crippen molar-refractivity contribution >= 4 is 23.5 Å². The van der Waals surface area contributed by atoms with Gasteiger partial charge in [0.2, 0.25) is 0 Å². The molecule has 108 valence electrons. The number of halogens is 1. The van der Waals surface area contributed by atoms with Crippen LogP contribution in [-0.4, -0.2) is 30.9 Å². The minimum Gasteiger partial charge on any atom is -0.410 e. The topological polar surface area (TPSA) is 46.6 Å². The van der Waals surface area contributed by atoms with Crippen molar-refractivity contribution in [2.45, 2.75) is 0 Å². The van der Waals surface area contributed by atoms with Crippen LogP contribution in [0.3, 0.4) is 0 Å². The van der Waals surface area contributed by atoms with Gasteiger partial charge in [-0.25, -0.2) is 4.79 Å². The fourth-order valence-corrected chi connectivity index (χ4v) is 1.76. The first-order valence-electron chi connectivity index (χ1n) is 6.27. The molecule has 0 atom stereocenters. The molecule has 0 N–H and O–H groups in total. The number of rotatable bonds is 3. The summed E-state index contributed by atoms with van der Waals surface area (Å²) >= 11 is 5.79. The highest BCUT2D eigenvalue weighted by molar-refractivity contribution is 6.30. The lowest BCUT2D eigenvalue weighted by Gasteiger charge is -2.10. The van der Waals surface area contributed by atoms with E-state index in [1.165, 1.54) is 4.90 Å². The molecule has 0 aliphatic heterocycles. The van der Waals surface area contributed by atoms with Crippen molar-refractivity contribution in [2.75, 3.05) is 14.1 Å². The summed E-state index contributed by atoms with van der Waals surface area (Å²) < 4.78 is 5.09. The van der Waals surface area contributed by atoms with Crippen molar-refractivity contribution in [3.63, 3.8) is 0 Å². The lowest BCUT2D eigenvalue weighted by Crippen LogP contribution is -2.25. The molecule has 5 heteroatoms.